The van der Waals surface area contributed by atoms with Crippen LogP contribution in [0.25, 0.3) is 11.0 Å². The van der Waals surface area contributed by atoms with Crippen molar-refractivity contribution in [2.75, 3.05) is 0 Å². The maximum Gasteiger partial charge on any atom is 0.429 e. The molecule has 0 saturated carbocycles. The zero-order valence-corrected chi connectivity index (χ0v) is 6.33. The van der Waals surface area contributed by atoms with E-state index in [4.69, 9.17) is 0 Å². The molecule has 2 rings (SSSR count). The number of hydrogen-bond donors (Lipinski definition) is 1. The number of rotatable bonds is 0. The van der Waals surface area contributed by atoms with Gasteiger partial charge in [0.15, 0.2) is 4.88 Å². The first-order valence-electron chi connectivity index (χ1n) is 2.95. The Hall–Kier alpha value is -1.11. The van der Waals surface area contributed by atoms with E-state index >= 15 is 0 Å². The second-order valence-electron chi connectivity index (χ2n) is 2.14. The van der Waals surface area contributed by atoms with E-state index in [1.165, 1.54) is 6.20 Å². The van der Waals surface area contributed by atoms with Crippen molar-refractivity contribution >= 4 is 22.6 Å². The monoisotopic (exact) mass is 193 g/mol. The van der Waals surface area contributed by atoms with E-state index < -0.39 is 11.1 Å². The number of aromatic amines is 1. The van der Waals surface area contributed by atoms with Crippen molar-refractivity contribution in [2.24, 2.45) is 0 Å². The van der Waals surface area contributed by atoms with Crippen LogP contribution in [-0.4, -0.2) is 14.6 Å². The van der Waals surface area contributed by atoms with Crippen molar-refractivity contribution in [1.82, 2.24) is 14.6 Å². The van der Waals surface area contributed by atoms with Crippen molar-refractivity contribution in [3.63, 3.8) is 0 Å². The second-order valence-corrected chi connectivity index (χ2v) is 2.91. The van der Waals surface area contributed by atoms with Gasteiger partial charge in [-0.15, -0.1) is 0 Å². The molecule has 12 heavy (non-hydrogen) atoms. The molecule has 0 aromatic carbocycles. The lowest BCUT2D eigenvalue weighted by Gasteiger charge is -1.99. The average molecular weight is 193 g/mol. The molecule has 0 aliphatic carbocycles. The van der Waals surface area contributed by atoms with E-state index in [1.807, 2.05) is 0 Å². The third-order valence-corrected chi connectivity index (χ3v) is 2.25. The van der Waals surface area contributed by atoms with Crippen LogP contribution in [0, 0.1) is 0 Å². The summed E-state index contributed by atoms with van der Waals surface area (Å²) in [6, 6.07) is 0. The molecule has 0 bridgehead atoms. The third-order valence-electron chi connectivity index (χ3n) is 1.34. The number of aromatic nitrogens is 3. The van der Waals surface area contributed by atoms with Gasteiger partial charge in [-0.25, -0.2) is 0 Å². The van der Waals surface area contributed by atoms with Gasteiger partial charge in [0, 0.05) is 0 Å². The molecule has 0 unspecified atom stereocenters. The number of halogens is 3. The standard InChI is InChI=1S/C5H2F3N3S/c6-5(7,8)4-3-2(11-12-4)1-9-10-3/h1,10H. The van der Waals surface area contributed by atoms with E-state index in [0.29, 0.717) is 11.5 Å². The van der Waals surface area contributed by atoms with Crippen molar-refractivity contribution in [1.29, 1.82) is 0 Å². The topological polar surface area (TPSA) is 41.6 Å². The smallest absolute Gasteiger partial charge is 0.275 e. The van der Waals surface area contributed by atoms with Gasteiger partial charge in [-0.3, -0.25) is 5.10 Å². The maximum atomic E-state index is 12.2. The van der Waals surface area contributed by atoms with E-state index in [0.717, 1.165) is 0 Å². The minimum atomic E-state index is -4.34. The molecule has 0 aliphatic rings. The van der Waals surface area contributed by atoms with E-state index in [2.05, 4.69) is 14.6 Å². The van der Waals surface area contributed by atoms with E-state index in [-0.39, 0.29) is 11.0 Å². The molecule has 7 heteroatoms. The Bertz CT molecular complexity index is 401. The Morgan fingerprint density at radius 3 is 2.83 bits per heavy atom. The number of nitrogens with zero attached hydrogens (tertiary/aromatic N) is 2. The van der Waals surface area contributed by atoms with E-state index in [1.54, 1.807) is 0 Å². The largest absolute Gasteiger partial charge is 0.429 e. The fraction of sp³-hybridized carbons (Fsp3) is 0.200. The normalized spacial score (nSPS) is 12.6. The molecule has 0 amide bonds. The number of alkyl halides is 3. The summed E-state index contributed by atoms with van der Waals surface area (Å²) in [6.07, 6.45) is -3.08. The summed E-state index contributed by atoms with van der Waals surface area (Å²) in [5.74, 6) is 0. The van der Waals surface area contributed by atoms with Crippen molar-refractivity contribution < 1.29 is 13.2 Å². The summed E-state index contributed by atoms with van der Waals surface area (Å²) in [7, 11) is 0. The molecular formula is C5H2F3N3S. The predicted octanol–water partition coefficient (Wildman–Crippen LogP) is 2.04. The van der Waals surface area contributed by atoms with Crippen LogP contribution in [-0.2, 0) is 6.18 Å². The Balaban J connectivity index is 2.69. The Labute approximate surface area is 68.4 Å². The fourth-order valence-electron chi connectivity index (χ4n) is 0.850. The number of nitrogens with one attached hydrogen (secondary N) is 1. The highest BCUT2D eigenvalue weighted by Gasteiger charge is 2.36. The van der Waals surface area contributed by atoms with Gasteiger partial charge in [-0.1, -0.05) is 0 Å². The van der Waals surface area contributed by atoms with Gasteiger partial charge in [0.05, 0.1) is 6.20 Å². The minimum Gasteiger partial charge on any atom is -0.275 e. The van der Waals surface area contributed by atoms with Crippen LogP contribution in [0.1, 0.15) is 4.88 Å². The predicted molar refractivity (Wildman–Crippen MR) is 36.8 cm³/mol. The summed E-state index contributed by atoms with van der Waals surface area (Å²) in [6.45, 7) is 0. The highest BCUT2D eigenvalue weighted by Crippen LogP contribution is 2.36. The van der Waals surface area contributed by atoms with Gasteiger partial charge in [-0.05, 0) is 11.5 Å². The van der Waals surface area contributed by atoms with Gasteiger partial charge in [0.2, 0.25) is 0 Å². The maximum absolute atomic E-state index is 12.2. The van der Waals surface area contributed by atoms with Crippen LogP contribution in [0.15, 0.2) is 6.20 Å². The minimum absolute atomic E-state index is 0.0347. The summed E-state index contributed by atoms with van der Waals surface area (Å²) >= 11 is 0.430. The highest BCUT2D eigenvalue weighted by molar-refractivity contribution is 7.07. The molecule has 2 aromatic heterocycles. The second kappa shape index (κ2) is 2.19. The number of H-pyrrole nitrogens is 1. The molecule has 1 N–H and O–H groups in total. The Morgan fingerprint density at radius 1 is 1.42 bits per heavy atom. The number of hydrogen-bond acceptors (Lipinski definition) is 3. The van der Waals surface area contributed by atoms with Crippen LogP contribution >= 0.6 is 11.5 Å². The summed E-state index contributed by atoms with van der Waals surface area (Å²) < 4.78 is 40.0. The van der Waals surface area contributed by atoms with Crippen molar-refractivity contribution in [3.8, 4) is 0 Å². The lowest BCUT2D eigenvalue weighted by atomic mass is 10.4. The molecule has 2 aromatic rings. The Kier molecular flexibility index (Phi) is 1.38. The van der Waals surface area contributed by atoms with Crippen molar-refractivity contribution in [3.05, 3.63) is 11.1 Å². The van der Waals surface area contributed by atoms with Crippen LogP contribution in [0.2, 0.25) is 0 Å². The summed E-state index contributed by atoms with van der Waals surface area (Å²) in [5, 5.41) is 5.71. The fourth-order valence-corrected chi connectivity index (χ4v) is 1.52. The first-order chi connectivity index (χ1) is 5.59. The summed E-state index contributed by atoms with van der Waals surface area (Å²) in [5.41, 5.74) is 0.222. The molecule has 3 nitrogen and oxygen atoms in total. The highest BCUT2D eigenvalue weighted by atomic mass is 32.1. The van der Waals surface area contributed by atoms with Crippen LogP contribution in [0.3, 0.4) is 0 Å². The molecular weight excluding hydrogens is 191 g/mol. The molecule has 0 atom stereocenters. The quantitative estimate of drug-likeness (QED) is 0.695. The van der Waals surface area contributed by atoms with Gasteiger partial charge in [0.1, 0.15) is 11.0 Å². The zero-order valence-electron chi connectivity index (χ0n) is 5.51. The van der Waals surface area contributed by atoms with Crippen LogP contribution in [0.4, 0.5) is 13.2 Å². The van der Waals surface area contributed by atoms with E-state index in [9.17, 15) is 13.2 Å². The SMILES string of the molecule is FC(F)(F)c1snc2cn[nH]c12. The average Bonchev–Trinajstić information content (AvgIpc) is 2.37. The lowest BCUT2D eigenvalue weighted by Crippen LogP contribution is -2.02. The van der Waals surface area contributed by atoms with Gasteiger partial charge < -0.3 is 0 Å². The van der Waals surface area contributed by atoms with Crippen LogP contribution in [0.5, 0.6) is 0 Å². The molecule has 2 heterocycles. The molecule has 0 saturated heterocycles. The zero-order chi connectivity index (χ0) is 8.77. The van der Waals surface area contributed by atoms with Crippen molar-refractivity contribution in [2.45, 2.75) is 6.18 Å². The number of fused-ring (bicyclic) bond motifs is 1. The van der Waals surface area contributed by atoms with Gasteiger partial charge in [0.25, 0.3) is 0 Å². The van der Waals surface area contributed by atoms with Gasteiger partial charge in [-0.2, -0.15) is 22.6 Å². The molecule has 0 fully saturated rings. The molecule has 64 valence electrons. The molecule has 0 aliphatic heterocycles. The lowest BCUT2D eigenvalue weighted by molar-refractivity contribution is -0.133. The Morgan fingerprint density at radius 2 is 2.17 bits per heavy atom. The molecule has 0 radical (unpaired) electrons. The van der Waals surface area contributed by atoms with Gasteiger partial charge >= 0.3 is 6.18 Å². The first kappa shape index (κ1) is 7.53. The molecule has 0 spiro atoms. The first-order valence-corrected chi connectivity index (χ1v) is 3.72. The summed E-state index contributed by atoms with van der Waals surface area (Å²) in [4.78, 5) is -0.727. The van der Waals surface area contributed by atoms with Crippen LogP contribution < -0.4 is 0 Å². The third kappa shape index (κ3) is 0.970.